The van der Waals surface area contributed by atoms with Gasteiger partial charge in [0, 0.05) is 29.2 Å². The van der Waals surface area contributed by atoms with E-state index >= 15 is 0 Å². The second-order valence-corrected chi connectivity index (χ2v) is 6.51. The summed E-state index contributed by atoms with van der Waals surface area (Å²) in [6.07, 6.45) is 5.36. The molecule has 1 saturated heterocycles. The van der Waals surface area contributed by atoms with Gasteiger partial charge in [-0.05, 0) is 51.1 Å². The molecular weight excluding hydrogens is 319 g/mol. The quantitative estimate of drug-likeness (QED) is 0.865. The zero-order valence-corrected chi connectivity index (χ0v) is 13.8. The van der Waals surface area contributed by atoms with Crippen LogP contribution in [0.4, 0.5) is 4.39 Å². The molecule has 1 aliphatic rings. The van der Waals surface area contributed by atoms with E-state index in [9.17, 15) is 4.39 Å². The number of nitrogens with one attached hydrogen (secondary N) is 1. The van der Waals surface area contributed by atoms with E-state index in [2.05, 4.69) is 26.1 Å². The standard InChI is InChI=1S/C16H24BrFN2/c1-13(15-12-14(17)6-7-16(15)18)19-8-11-20-9-4-2-3-5-10-20/h6-7,12-13,19H,2-5,8-11H2,1H3. The number of hydrogen-bond donors (Lipinski definition) is 1. The van der Waals surface area contributed by atoms with Crippen LogP contribution < -0.4 is 5.32 Å². The van der Waals surface area contributed by atoms with Crippen molar-refractivity contribution in [2.45, 2.75) is 38.6 Å². The smallest absolute Gasteiger partial charge is 0.128 e. The predicted octanol–water partition coefficient (Wildman–Crippen LogP) is 4.11. The number of likely N-dealkylation sites (tertiary alicyclic amines) is 1. The monoisotopic (exact) mass is 342 g/mol. The maximum absolute atomic E-state index is 13.8. The second-order valence-electron chi connectivity index (χ2n) is 5.60. The molecule has 1 aliphatic heterocycles. The normalized spacial score (nSPS) is 18.8. The molecule has 0 aromatic heterocycles. The van der Waals surface area contributed by atoms with Crippen molar-refractivity contribution in [1.29, 1.82) is 0 Å². The van der Waals surface area contributed by atoms with Crippen LogP contribution in [0.15, 0.2) is 22.7 Å². The number of halogens is 2. The average molecular weight is 343 g/mol. The van der Waals surface area contributed by atoms with E-state index in [0.717, 1.165) is 23.1 Å². The van der Waals surface area contributed by atoms with Crippen molar-refractivity contribution < 1.29 is 4.39 Å². The van der Waals surface area contributed by atoms with Gasteiger partial charge >= 0.3 is 0 Å². The van der Waals surface area contributed by atoms with Crippen LogP contribution in [0.1, 0.15) is 44.2 Å². The van der Waals surface area contributed by atoms with E-state index < -0.39 is 0 Å². The molecule has 1 fully saturated rings. The summed E-state index contributed by atoms with van der Waals surface area (Å²) in [5.41, 5.74) is 0.732. The summed E-state index contributed by atoms with van der Waals surface area (Å²) in [7, 11) is 0. The number of benzene rings is 1. The van der Waals surface area contributed by atoms with Gasteiger partial charge in [-0.1, -0.05) is 28.8 Å². The Morgan fingerprint density at radius 3 is 2.65 bits per heavy atom. The van der Waals surface area contributed by atoms with Crippen molar-refractivity contribution in [1.82, 2.24) is 10.2 Å². The molecule has 0 saturated carbocycles. The maximum Gasteiger partial charge on any atom is 0.128 e. The summed E-state index contributed by atoms with van der Waals surface area (Å²) in [6.45, 7) is 6.41. The van der Waals surface area contributed by atoms with Crippen LogP contribution in [0, 0.1) is 5.82 Å². The molecule has 2 nitrogen and oxygen atoms in total. The highest BCUT2D eigenvalue weighted by molar-refractivity contribution is 9.10. The maximum atomic E-state index is 13.8. The van der Waals surface area contributed by atoms with Crippen molar-refractivity contribution in [2.75, 3.05) is 26.2 Å². The molecule has 0 bridgehead atoms. The van der Waals surface area contributed by atoms with Crippen LogP contribution in [0.25, 0.3) is 0 Å². The van der Waals surface area contributed by atoms with E-state index in [1.165, 1.54) is 44.8 Å². The van der Waals surface area contributed by atoms with Gasteiger partial charge < -0.3 is 10.2 Å². The van der Waals surface area contributed by atoms with Gasteiger partial charge in [-0.2, -0.15) is 0 Å². The minimum atomic E-state index is -0.136. The molecule has 0 aliphatic carbocycles. The zero-order valence-electron chi connectivity index (χ0n) is 12.2. The molecule has 1 aromatic rings. The lowest BCUT2D eigenvalue weighted by atomic mass is 10.1. The number of nitrogens with zero attached hydrogens (tertiary/aromatic N) is 1. The fourth-order valence-electron chi connectivity index (χ4n) is 2.76. The largest absolute Gasteiger partial charge is 0.309 e. The van der Waals surface area contributed by atoms with E-state index in [-0.39, 0.29) is 11.9 Å². The second kappa shape index (κ2) is 8.11. The summed E-state index contributed by atoms with van der Waals surface area (Å²) in [6, 6.07) is 5.16. The highest BCUT2D eigenvalue weighted by Crippen LogP contribution is 2.21. The first-order valence-corrected chi connectivity index (χ1v) is 8.37. The Morgan fingerprint density at radius 2 is 1.95 bits per heavy atom. The SMILES string of the molecule is CC(NCCN1CCCCCC1)c1cc(Br)ccc1F. The third kappa shape index (κ3) is 4.83. The molecule has 1 atom stereocenters. The van der Waals surface area contributed by atoms with Crippen molar-refractivity contribution >= 4 is 15.9 Å². The Labute approximate surface area is 129 Å². The molecule has 1 heterocycles. The van der Waals surface area contributed by atoms with Gasteiger partial charge in [0.1, 0.15) is 5.82 Å². The van der Waals surface area contributed by atoms with E-state index in [1.54, 1.807) is 6.07 Å². The molecule has 4 heteroatoms. The third-order valence-electron chi connectivity index (χ3n) is 4.00. The van der Waals surface area contributed by atoms with Crippen LogP contribution in [-0.4, -0.2) is 31.1 Å². The third-order valence-corrected chi connectivity index (χ3v) is 4.50. The molecule has 1 aromatic carbocycles. The minimum Gasteiger partial charge on any atom is -0.309 e. The topological polar surface area (TPSA) is 15.3 Å². The summed E-state index contributed by atoms with van der Waals surface area (Å²) < 4.78 is 14.7. The molecular formula is C16H24BrFN2. The molecule has 0 spiro atoms. The fourth-order valence-corrected chi connectivity index (χ4v) is 3.13. The zero-order chi connectivity index (χ0) is 14.4. The Balaban J connectivity index is 1.79. The Morgan fingerprint density at radius 1 is 1.25 bits per heavy atom. The van der Waals surface area contributed by atoms with Gasteiger partial charge in [-0.15, -0.1) is 0 Å². The first kappa shape index (κ1) is 15.9. The van der Waals surface area contributed by atoms with Crippen LogP contribution in [-0.2, 0) is 0 Å². The summed E-state index contributed by atoms with van der Waals surface area (Å²) >= 11 is 3.40. The summed E-state index contributed by atoms with van der Waals surface area (Å²) in [5.74, 6) is -0.136. The lowest BCUT2D eigenvalue weighted by Crippen LogP contribution is -2.34. The highest BCUT2D eigenvalue weighted by atomic mass is 79.9. The van der Waals surface area contributed by atoms with Crippen molar-refractivity contribution in [2.24, 2.45) is 0 Å². The van der Waals surface area contributed by atoms with Gasteiger partial charge in [-0.3, -0.25) is 0 Å². The van der Waals surface area contributed by atoms with E-state index in [1.807, 2.05) is 13.0 Å². The van der Waals surface area contributed by atoms with Crippen molar-refractivity contribution in [3.8, 4) is 0 Å². The van der Waals surface area contributed by atoms with Crippen molar-refractivity contribution in [3.05, 3.63) is 34.1 Å². The average Bonchev–Trinajstić information content (AvgIpc) is 2.70. The van der Waals surface area contributed by atoms with Gasteiger partial charge in [0.15, 0.2) is 0 Å². The van der Waals surface area contributed by atoms with Crippen molar-refractivity contribution in [3.63, 3.8) is 0 Å². The van der Waals surface area contributed by atoms with Gasteiger partial charge in [0.05, 0.1) is 0 Å². The molecule has 20 heavy (non-hydrogen) atoms. The predicted molar refractivity (Wildman–Crippen MR) is 85.4 cm³/mol. The number of hydrogen-bond acceptors (Lipinski definition) is 2. The summed E-state index contributed by atoms with van der Waals surface area (Å²) in [4.78, 5) is 2.52. The lowest BCUT2D eigenvalue weighted by molar-refractivity contribution is 0.280. The number of rotatable bonds is 5. The first-order chi connectivity index (χ1) is 9.66. The molecule has 0 radical (unpaired) electrons. The molecule has 1 N–H and O–H groups in total. The van der Waals surface area contributed by atoms with E-state index in [0.29, 0.717) is 0 Å². The lowest BCUT2D eigenvalue weighted by Gasteiger charge is -2.22. The van der Waals surface area contributed by atoms with Gasteiger partial charge in [0.2, 0.25) is 0 Å². The van der Waals surface area contributed by atoms with Crippen LogP contribution in [0.2, 0.25) is 0 Å². The minimum absolute atomic E-state index is 0.0412. The fraction of sp³-hybridized carbons (Fsp3) is 0.625. The Hall–Kier alpha value is -0.450. The van der Waals surface area contributed by atoms with Crippen LogP contribution in [0.3, 0.4) is 0 Å². The van der Waals surface area contributed by atoms with Crippen LogP contribution in [0.5, 0.6) is 0 Å². The van der Waals surface area contributed by atoms with Gasteiger partial charge in [0.25, 0.3) is 0 Å². The Kier molecular flexibility index (Phi) is 6.46. The molecule has 2 rings (SSSR count). The van der Waals surface area contributed by atoms with E-state index in [4.69, 9.17) is 0 Å². The first-order valence-electron chi connectivity index (χ1n) is 7.57. The van der Waals surface area contributed by atoms with Gasteiger partial charge in [-0.25, -0.2) is 4.39 Å². The highest BCUT2D eigenvalue weighted by Gasteiger charge is 2.12. The molecule has 1 unspecified atom stereocenters. The molecule has 0 amide bonds. The Bertz CT molecular complexity index is 417. The van der Waals surface area contributed by atoms with Crippen LogP contribution >= 0.6 is 15.9 Å². The molecule has 112 valence electrons. The summed E-state index contributed by atoms with van der Waals surface area (Å²) in [5, 5.41) is 3.43.